The number of allylic oxidation sites excluding steroid dienone is 4. The van der Waals surface area contributed by atoms with E-state index in [9.17, 15) is 0 Å². The van der Waals surface area contributed by atoms with Gasteiger partial charge in [0.25, 0.3) is 0 Å². The van der Waals surface area contributed by atoms with Crippen LogP contribution in [0.15, 0.2) is 217 Å². The number of hydrogen-bond acceptors (Lipinski definition) is 4. The minimum Gasteiger partial charge on any atom is -0.333 e. The molecule has 0 radical (unpaired) electrons. The van der Waals surface area contributed by atoms with Crippen molar-refractivity contribution in [1.82, 2.24) is 14.5 Å². The highest BCUT2D eigenvalue weighted by Gasteiger charge is 2.43. The molecule has 3 aliphatic rings. The largest absolute Gasteiger partial charge is 0.333 e. The molecule has 14 rings (SSSR count). The maximum absolute atomic E-state index is 5.55. The highest BCUT2D eigenvalue weighted by molar-refractivity contribution is 7.22. The van der Waals surface area contributed by atoms with Gasteiger partial charge in [0.1, 0.15) is 0 Å². The minimum atomic E-state index is 0.189. The van der Waals surface area contributed by atoms with Crippen molar-refractivity contribution in [2.24, 2.45) is 0 Å². The van der Waals surface area contributed by atoms with E-state index in [-0.39, 0.29) is 12.0 Å². The molecular formula is C60H40N4S. The SMILES string of the molecule is C1=CC2=C(C=CC3C2c2cccc(-c4ccc5c(c4)c4c6ccccc6ccc4n5-c4nc(-c5ccccc5)c5sc(-c6cccc7ccccc67)cc5n4)c2N3c2ccccc2)CC1. The molecule has 3 aromatic heterocycles. The molecule has 306 valence electrons. The lowest BCUT2D eigenvalue weighted by Gasteiger charge is -2.33. The first-order chi connectivity index (χ1) is 32.2. The maximum atomic E-state index is 5.55. The van der Waals surface area contributed by atoms with Crippen LogP contribution < -0.4 is 4.90 Å². The molecule has 0 amide bonds. The molecule has 0 saturated heterocycles. The summed E-state index contributed by atoms with van der Waals surface area (Å²) in [6, 6.07) is 66.6. The molecule has 0 spiro atoms. The lowest BCUT2D eigenvalue weighted by molar-refractivity contribution is 0.701. The van der Waals surface area contributed by atoms with Crippen molar-refractivity contribution in [2.45, 2.75) is 24.8 Å². The summed E-state index contributed by atoms with van der Waals surface area (Å²) in [7, 11) is 0. The van der Waals surface area contributed by atoms with Crippen molar-refractivity contribution in [3.05, 3.63) is 223 Å². The number of thiophene rings is 1. The molecule has 0 saturated carbocycles. The third-order valence-corrected chi connectivity index (χ3v) is 15.2. The van der Waals surface area contributed by atoms with E-state index in [0.29, 0.717) is 5.95 Å². The molecule has 0 fully saturated rings. The Morgan fingerprint density at radius 3 is 2.18 bits per heavy atom. The zero-order chi connectivity index (χ0) is 42.6. The van der Waals surface area contributed by atoms with Crippen LogP contribution in [-0.2, 0) is 0 Å². The first-order valence-corrected chi connectivity index (χ1v) is 23.4. The second-order valence-corrected chi connectivity index (χ2v) is 18.6. The van der Waals surface area contributed by atoms with E-state index in [1.54, 1.807) is 11.3 Å². The normalized spacial score (nSPS) is 16.6. The molecule has 65 heavy (non-hydrogen) atoms. The monoisotopic (exact) mass is 848 g/mol. The number of para-hydroxylation sites is 2. The van der Waals surface area contributed by atoms with Crippen LogP contribution in [0.3, 0.4) is 0 Å². The fraction of sp³-hybridized carbons (Fsp3) is 0.0667. The number of fused-ring (bicyclic) bond motifs is 11. The zero-order valence-corrected chi connectivity index (χ0v) is 36.2. The van der Waals surface area contributed by atoms with E-state index in [4.69, 9.17) is 9.97 Å². The quantitative estimate of drug-likeness (QED) is 0.173. The molecule has 2 atom stereocenters. The predicted molar refractivity (Wildman–Crippen MR) is 273 cm³/mol. The standard InChI is InChI=1S/C60H40N4S/c1-3-18-40(19-4-1)57-59-50(36-54(65-59)47-27-13-20-37-15-7-10-23-43(37)47)61-60(62-57)64-51-32-31-41(35-49(51)56-45-25-12-9-17-39(45)30-34-53(56)64)46-26-14-28-48-55-44-24-11-8-16-38(44)29-33-52(55)63(58(46)48)42-21-5-2-6-22-42/h1-7,9-15,17-36,52,55H,8,16H2. The number of nitrogens with zero attached hydrogens (tertiary/aromatic N) is 4. The Morgan fingerprint density at radius 2 is 1.31 bits per heavy atom. The number of rotatable bonds is 5. The predicted octanol–water partition coefficient (Wildman–Crippen LogP) is 15.9. The van der Waals surface area contributed by atoms with Crippen LogP contribution >= 0.6 is 11.3 Å². The fourth-order valence-corrected chi connectivity index (χ4v) is 12.3. The van der Waals surface area contributed by atoms with Crippen LogP contribution in [0, 0.1) is 0 Å². The number of anilines is 2. The van der Waals surface area contributed by atoms with Gasteiger partial charge in [-0.1, -0.05) is 170 Å². The molecule has 4 heterocycles. The van der Waals surface area contributed by atoms with Gasteiger partial charge >= 0.3 is 0 Å². The van der Waals surface area contributed by atoms with Crippen LogP contribution in [0.5, 0.6) is 0 Å². The summed E-state index contributed by atoms with van der Waals surface area (Å²) in [5.74, 6) is 0.929. The first-order valence-electron chi connectivity index (χ1n) is 22.6. The van der Waals surface area contributed by atoms with Crippen LogP contribution in [0.2, 0.25) is 0 Å². The van der Waals surface area contributed by atoms with E-state index in [0.717, 1.165) is 45.3 Å². The lowest BCUT2D eigenvalue weighted by Crippen LogP contribution is -2.31. The van der Waals surface area contributed by atoms with E-state index >= 15 is 0 Å². The summed E-state index contributed by atoms with van der Waals surface area (Å²) in [6.07, 6.45) is 11.8. The summed E-state index contributed by atoms with van der Waals surface area (Å²) >= 11 is 1.77. The molecule has 0 N–H and O–H groups in total. The van der Waals surface area contributed by atoms with Gasteiger partial charge in [-0.25, -0.2) is 9.97 Å². The van der Waals surface area contributed by atoms with E-state index in [1.165, 1.54) is 82.0 Å². The molecule has 2 unspecified atom stereocenters. The van der Waals surface area contributed by atoms with Gasteiger partial charge in [0, 0.05) is 38.4 Å². The highest BCUT2D eigenvalue weighted by Crippen LogP contribution is 2.56. The summed E-state index contributed by atoms with van der Waals surface area (Å²) in [5.41, 5.74) is 15.6. The Morgan fingerprint density at radius 1 is 0.569 bits per heavy atom. The van der Waals surface area contributed by atoms with Crippen LogP contribution in [0.4, 0.5) is 11.4 Å². The van der Waals surface area contributed by atoms with Gasteiger partial charge in [0.2, 0.25) is 5.95 Å². The third kappa shape index (κ3) is 5.55. The molecule has 5 heteroatoms. The number of benzene rings is 8. The Balaban J connectivity index is 1.01. The van der Waals surface area contributed by atoms with Gasteiger partial charge in [-0.2, -0.15) is 0 Å². The Labute approximate surface area is 380 Å². The van der Waals surface area contributed by atoms with Gasteiger partial charge in [-0.05, 0) is 98.6 Å². The van der Waals surface area contributed by atoms with Gasteiger partial charge < -0.3 is 4.90 Å². The molecule has 0 bridgehead atoms. The first kappa shape index (κ1) is 36.6. The van der Waals surface area contributed by atoms with Crippen LogP contribution in [0.25, 0.3) is 92.3 Å². The van der Waals surface area contributed by atoms with Gasteiger partial charge in [-0.3, -0.25) is 4.57 Å². The van der Waals surface area contributed by atoms with Crippen molar-refractivity contribution in [3.8, 4) is 38.8 Å². The van der Waals surface area contributed by atoms with Gasteiger partial charge in [-0.15, -0.1) is 11.3 Å². The van der Waals surface area contributed by atoms with Crippen molar-refractivity contribution < 1.29 is 0 Å². The minimum absolute atomic E-state index is 0.189. The second-order valence-electron chi connectivity index (χ2n) is 17.5. The summed E-state index contributed by atoms with van der Waals surface area (Å²) < 4.78 is 3.38. The fourth-order valence-electron chi connectivity index (χ4n) is 11.2. The third-order valence-electron chi connectivity index (χ3n) is 14.0. The smallest absolute Gasteiger partial charge is 0.235 e. The molecule has 1 aliphatic heterocycles. The summed E-state index contributed by atoms with van der Waals surface area (Å²) in [6.45, 7) is 0. The Bertz CT molecular complexity index is 3850. The molecule has 2 aliphatic carbocycles. The second kappa shape index (κ2) is 14.3. The number of hydrogen-bond donors (Lipinski definition) is 0. The summed E-state index contributed by atoms with van der Waals surface area (Å²) in [4.78, 5) is 14.8. The molecule has 8 aromatic carbocycles. The van der Waals surface area contributed by atoms with E-state index in [1.807, 2.05) is 0 Å². The van der Waals surface area contributed by atoms with Crippen molar-refractivity contribution >= 4 is 76.3 Å². The van der Waals surface area contributed by atoms with E-state index in [2.05, 4.69) is 216 Å². The summed E-state index contributed by atoms with van der Waals surface area (Å²) in [5, 5.41) is 7.27. The Hall–Kier alpha value is -7.86. The van der Waals surface area contributed by atoms with Crippen LogP contribution in [-0.4, -0.2) is 20.6 Å². The lowest BCUT2D eigenvalue weighted by atomic mass is 9.77. The Kier molecular flexibility index (Phi) is 8.07. The average Bonchev–Trinajstić information content (AvgIpc) is 4.07. The molecule has 4 nitrogen and oxygen atoms in total. The molecular weight excluding hydrogens is 809 g/mol. The van der Waals surface area contributed by atoms with Crippen molar-refractivity contribution in [1.29, 1.82) is 0 Å². The molecule has 11 aromatic rings. The van der Waals surface area contributed by atoms with Crippen molar-refractivity contribution in [3.63, 3.8) is 0 Å². The van der Waals surface area contributed by atoms with E-state index < -0.39 is 0 Å². The number of aromatic nitrogens is 3. The van der Waals surface area contributed by atoms with Gasteiger partial charge in [0.05, 0.1) is 38.7 Å². The van der Waals surface area contributed by atoms with Crippen LogP contribution in [0.1, 0.15) is 24.3 Å². The average molecular weight is 849 g/mol. The topological polar surface area (TPSA) is 34.0 Å². The van der Waals surface area contributed by atoms with Crippen molar-refractivity contribution in [2.75, 3.05) is 4.90 Å². The zero-order valence-electron chi connectivity index (χ0n) is 35.4. The highest BCUT2D eigenvalue weighted by atomic mass is 32.1. The van der Waals surface area contributed by atoms with Gasteiger partial charge in [0.15, 0.2) is 0 Å². The maximum Gasteiger partial charge on any atom is 0.235 e.